The van der Waals surface area contributed by atoms with Crippen molar-refractivity contribution in [2.24, 2.45) is 5.41 Å². The highest BCUT2D eigenvalue weighted by Gasteiger charge is 2.14. The third-order valence-corrected chi connectivity index (χ3v) is 2.95. The minimum absolute atomic E-state index is 0.150. The molecule has 1 rings (SSSR count). The number of hydrogen-bond acceptors (Lipinski definition) is 3. The number of nitrogens with one attached hydrogen (secondary N) is 2. The Balaban J connectivity index is 2.81. The number of rotatable bonds is 5. The van der Waals surface area contributed by atoms with Gasteiger partial charge in [0.15, 0.2) is 0 Å². The lowest BCUT2D eigenvalue weighted by atomic mass is 9.96. The van der Waals surface area contributed by atoms with E-state index < -0.39 is 6.10 Å². The first-order valence-electron chi connectivity index (χ1n) is 7.00. The van der Waals surface area contributed by atoms with Crippen LogP contribution < -0.4 is 10.6 Å². The van der Waals surface area contributed by atoms with Gasteiger partial charge in [-0.05, 0) is 37.0 Å². The number of amides is 1. The number of anilines is 1. The van der Waals surface area contributed by atoms with Gasteiger partial charge in [0.25, 0.3) is 5.91 Å². The lowest BCUT2D eigenvalue weighted by molar-refractivity contribution is 0.0923. The Kier molecular flexibility index (Phi) is 5.57. The number of carbonyl (C=O) groups is 1. The Morgan fingerprint density at radius 3 is 2.55 bits per heavy atom. The van der Waals surface area contributed by atoms with E-state index in [1.54, 1.807) is 13.0 Å². The van der Waals surface area contributed by atoms with E-state index in [-0.39, 0.29) is 17.9 Å². The lowest BCUT2D eigenvalue weighted by Gasteiger charge is -2.21. The molecule has 4 heteroatoms. The fraction of sp³-hybridized carbons (Fsp3) is 0.562. The molecule has 4 nitrogen and oxygen atoms in total. The van der Waals surface area contributed by atoms with E-state index in [1.807, 2.05) is 19.1 Å². The third-order valence-electron chi connectivity index (χ3n) is 2.95. The molecule has 20 heavy (non-hydrogen) atoms. The summed E-state index contributed by atoms with van der Waals surface area (Å²) in [6.07, 6.45) is -0.540. The first-order chi connectivity index (χ1) is 9.20. The number of aliphatic hydroxyl groups is 1. The maximum Gasteiger partial charge on any atom is 0.251 e. The average Bonchev–Trinajstić information content (AvgIpc) is 2.33. The van der Waals surface area contributed by atoms with Gasteiger partial charge in [-0.15, -0.1) is 0 Å². The predicted molar refractivity (Wildman–Crippen MR) is 83.1 cm³/mol. The zero-order chi connectivity index (χ0) is 15.3. The first kappa shape index (κ1) is 16.5. The second-order valence-electron chi connectivity index (χ2n) is 6.45. The minimum Gasteiger partial charge on any atom is -0.392 e. The summed E-state index contributed by atoms with van der Waals surface area (Å²) < 4.78 is 0. The molecule has 1 amide bonds. The van der Waals surface area contributed by atoms with E-state index in [2.05, 4.69) is 31.4 Å². The fourth-order valence-electron chi connectivity index (χ4n) is 1.77. The van der Waals surface area contributed by atoms with Gasteiger partial charge in [0.05, 0.1) is 6.10 Å². The van der Waals surface area contributed by atoms with Crippen molar-refractivity contribution in [2.45, 2.75) is 40.7 Å². The van der Waals surface area contributed by atoms with Gasteiger partial charge >= 0.3 is 0 Å². The van der Waals surface area contributed by atoms with Crippen molar-refractivity contribution in [3.05, 3.63) is 29.3 Å². The third kappa shape index (κ3) is 5.21. The Labute approximate surface area is 121 Å². The molecule has 0 aromatic heterocycles. The van der Waals surface area contributed by atoms with Gasteiger partial charge in [0, 0.05) is 24.3 Å². The molecule has 0 fully saturated rings. The van der Waals surface area contributed by atoms with Crippen LogP contribution in [0.4, 0.5) is 5.69 Å². The van der Waals surface area contributed by atoms with Crippen molar-refractivity contribution in [2.75, 3.05) is 18.4 Å². The average molecular weight is 278 g/mol. The molecule has 1 aromatic carbocycles. The van der Waals surface area contributed by atoms with Crippen molar-refractivity contribution >= 4 is 11.6 Å². The van der Waals surface area contributed by atoms with Crippen LogP contribution in [0.2, 0.25) is 0 Å². The molecule has 0 bridgehead atoms. The first-order valence-corrected chi connectivity index (χ1v) is 7.00. The minimum atomic E-state index is -0.540. The number of carbonyl (C=O) groups excluding carboxylic acids is 1. The summed E-state index contributed by atoms with van der Waals surface area (Å²) in [5.41, 5.74) is 2.73. The van der Waals surface area contributed by atoms with Crippen LogP contribution in [0.5, 0.6) is 0 Å². The maximum absolute atomic E-state index is 12.1. The molecule has 1 aromatic rings. The van der Waals surface area contributed by atoms with Crippen molar-refractivity contribution in [1.82, 2.24) is 5.32 Å². The Bertz CT molecular complexity index is 462. The van der Waals surface area contributed by atoms with E-state index in [0.717, 1.165) is 17.8 Å². The predicted octanol–water partition coefficient (Wildman–Crippen LogP) is 2.56. The molecule has 0 saturated heterocycles. The molecular weight excluding hydrogens is 252 g/mol. The lowest BCUT2D eigenvalue weighted by Crippen LogP contribution is -2.31. The number of benzene rings is 1. The van der Waals surface area contributed by atoms with Crippen LogP contribution in [0, 0.1) is 12.3 Å². The van der Waals surface area contributed by atoms with Crippen LogP contribution in [0.1, 0.15) is 43.6 Å². The second kappa shape index (κ2) is 6.75. The van der Waals surface area contributed by atoms with E-state index in [1.165, 1.54) is 0 Å². The maximum atomic E-state index is 12.1. The SMILES string of the molecule is Cc1c(NCC(C)(C)C)cccc1C(=O)NCC(C)O. The van der Waals surface area contributed by atoms with Crippen LogP contribution in [-0.4, -0.2) is 30.2 Å². The number of aliphatic hydroxyl groups excluding tert-OH is 1. The molecule has 0 aliphatic carbocycles. The van der Waals surface area contributed by atoms with Gasteiger partial charge in [-0.25, -0.2) is 0 Å². The van der Waals surface area contributed by atoms with Crippen molar-refractivity contribution in [1.29, 1.82) is 0 Å². The molecule has 112 valence electrons. The summed E-state index contributed by atoms with van der Waals surface area (Å²) >= 11 is 0. The monoisotopic (exact) mass is 278 g/mol. The van der Waals surface area contributed by atoms with Gasteiger partial charge in [-0.2, -0.15) is 0 Å². The van der Waals surface area contributed by atoms with Crippen LogP contribution in [0.25, 0.3) is 0 Å². The zero-order valence-corrected chi connectivity index (χ0v) is 13.1. The zero-order valence-electron chi connectivity index (χ0n) is 13.1. The summed E-state index contributed by atoms with van der Waals surface area (Å²) in [5, 5.41) is 15.3. The molecule has 0 heterocycles. The smallest absolute Gasteiger partial charge is 0.251 e. The molecule has 0 saturated carbocycles. The topological polar surface area (TPSA) is 61.4 Å². The highest BCUT2D eigenvalue weighted by atomic mass is 16.3. The van der Waals surface area contributed by atoms with Crippen LogP contribution in [-0.2, 0) is 0 Å². The summed E-state index contributed by atoms with van der Waals surface area (Å²) in [6.45, 7) is 11.2. The van der Waals surface area contributed by atoms with Gasteiger partial charge in [0.1, 0.15) is 0 Å². The van der Waals surface area contributed by atoms with Crippen LogP contribution in [0.3, 0.4) is 0 Å². The van der Waals surface area contributed by atoms with Crippen LogP contribution in [0.15, 0.2) is 18.2 Å². The standard InChI is InChI=1S/C16H26N2O2/c1-11(19)9-17-15(20)13-7-6-8-14(12(13)2)18-10-16(3,4)5/h6-8,11,18-19H,9-10H2,1-5H3,(H,17,20). The van der Waals surface area contributed by atoms with Crippen molar-refractivity contribution in [3.8, 4) is 0 Å². The van der Waals surface area contributed by atoms with Gasteiger partial charge in [0.2, 0.25) is 0 Å². The molecule has 0 aliphatic heterocycles. The quantitative estimate of drug-likeness (QED) is 0.775. The van der Waals surface area contributed by atoms with E-state index in [0.29, 0.717) is 5.56 Å². The molecule has 0 radical (unpaired) electrons. The summed E-state index contributed by atoms with van der Waals surface area (Å²) in [7, 11) is 0. The van der Waals surface area contributed by atoms with Crippen LogP contribution >= 0.6 is 0 Å². The summed E-state index contributed by atoms with van der Waals surface area (Å²) in [5.74, 6) is -0.150. The van der Waals surface area contributed by atoms with E-state index in [9.17, 15) is 9.90 Å². The Morgan fingerprint density at radius 1 is 1.35 bits per heavy atom. The molecule has 1 unspecified atom stereocenters. The van der Waals surface area contributed by atoms with E-state index >= 15 is 0 Å². The highest BCUT2D eigenvalue weighted by Crippen LogP contribution is 2.21. The normalized spacial score (nSPS) is 12.9. The van der Waals surface area contributed by atoms with Crippen molar-refractivity contribution in [3.63, 3.8) is 0 Å². The van der Waals surface area contributed by atoms with Gasteiger partial charge in [-0.1, -0.05) is 26.8 Å². The molecule has 1 atom stereocenters. The van der Waals surface area contributed by atoms with Gasteiger partial charge in [-0.3, -0.25) is 4.79 Å². The van der Waals surface area contributed by atoms with Gasteiger partial charge < -0.3 is 15.7 Å². The fourth-order valence-corrected chi connectivity index (χ4v) is 1.77. The molecular formula is C16H26N2O2. The Morgan fingerprint density at radius 2 is 2.00 bits per heavy atom. The highest BCUT2D eigenvalue weighted by molar-refractivity contribution is 5.97. The summed E-state index contributed by atoms with van der Waals surface area (Å²) in [4.78, 5) is 12.1. The van der Waals surface area contributed by atoms with E-state index in [4.69, 9.17) is 0 Å². The Hall–Kier alpha value is -1.55. The molecule has 0 aliphatic rings. The second-order valence-corrected chi connectivity index (χ2v) is 6.45. The molecule has 0 spiro atoms. The van der Waals surface area contributed by atoms with Crippen molar-refractivity contribution < 1.29 is 9.90 Å². The largest absolute Gasteiger partial charge is 0.392 e. The molecule has 3 N–H and O–H groups in total. The summed E-state index contributed by atoms with van der Waals surface area (Å²) in [6, 6.07) is 5.65. The number of hydrogen-bond donors (Lipinski definition) is 3.